The van der Waals surface area contributed by atoms with Crippen molar-refractivity contribution in [3.63, 3.8) is 0 Å². The van der Waals surface area contributed by atoms with Crippen LogP contribution in [0.1, 0.15) is 21.5 Å². The van der Waals surface area contributed by atoms with Crippen LogP contribution in [-0.4, -0.2) is 18.0 Å². The highest BCUT2D eigenvalue weighted by atomic mass is 16.2. The number of hydrogen-bond acceptors (Lipinski definition) is 3. The Kier molecular flexibility index (Phi) is 7.46. The van der Waals surface area contributed by atoms with Gasteiger partial charge in [-0.25, -0.2) is 5.43 Å². The van der Waals surface area contributed by atoms with Gasteiger partial charge in [-0.1, -0.05) is 84.9 Å². The predicted octanol–water partition coefficient (Wildman–Crippen LogP) is 4.27. The van der Waals surface area contributed by atoms with E-state index in [0.29, 0.717) is 5.56 Å². The van der Waals surface area contributed by atoms with Gasteiger partial charge in [-0.2, -0.15) is 5.10 Å². The van der Waals surface area contributed by atoms with Crippen molar-refractivity contribution in [3.05, 3.63) is 119 Å². The normalized spacial score (nSPS) is 11.5. The first-order valence-corrected chi connectivity index (χ1v) is 9.40. The maximum Gasteiger partial charge on any atom is 0.287 e. The van der Waals surface area contributed by atoms with Crippen molar-refractivity contribution < 1.29 is 9.59 Å². The van der Waals surface area contributed by atoms with Gasteiger partial charge in [0, 0.05) is 11.8 Å². The molecule has 0 unspecified atom stereocenters. The van der Waals surface area contributed by atoms with Crippen molar-refractivity contribution in [2.24, 2.45) is 5.10 Å². The Labute approximate surface area is 175 Å². The van der Waals surface area contributed by atoms with Crippen LogP contribution in [0.5, 0.6) is 0 Å². The Morgan fingerprint density at radius 3 is 1.93 bits per heavy atom. The third-order valence-electron chi connectivity index (χ3n) is 4.05. The highest BCUT2D eigenvalue weighted by Crippen LogP contribution is 2.07. The second-order valence-electron chi connectivity index (χ2n) is 6.28. The van der Waals surface area contributed by atoms with Crippen molar-refractivity contribution >= 4 is 30.2 Å². The molecule has 0 fully saturated rings. The van der Waals surface area contributed by atoms with Gasteiger partial charge in [0.2, 0.25) is 0 Å². The van der Waals surface area contributed by atoms with Crippen LogP contribution in [0.15, 0.2) is 108 Å². The largest absolute Gasteiger partial charge is 0.317 e. The number of allylic oxidation sites excluding steroid dienone is 1. The molecule has 0 spiro atoms. The Balaban J connectivity index is 1.70. The summed E-state index contributed by atoms with van der Waals surface area (Å²) in [6.07, 6.45) is 6.67. The highest BCUT2D eigenvalue weighted by Gasteiger charge is 2.14. The molecule has 3 rings (SSSR count). The van der Waals surface area contributed by atoms with Gasteiger partial charge in [-0.3, -0.25) is 9.59 Å². The van der Waals surface area contributed by atoms with Crippen LogP contribution < -0.4 is 10.7 Å². The molecule has 0 aliphatic heterocycles. The number of rotatable bonds is 7. The fraction of sp³-hybridized carbons (Fsp3) is 0. The maximum absolute atomic E-state index is 12.6. The second-order valence-corrected chi connectivity index (χ2v) is 6.28. The number of hydrogen-bond donors (Lipinski definition) is 2. The highest BCUT2D eigenvalue weighted by molar-refractivity contribution is 6.05. The lowest BCUT2D eigenvalue weighted by Crippen LogP contribution is -2.32. The molecule has 0 bridgehead atoms. The van der Waals surface area contributed by atoms with Crippen LogP contribution >= 0.6 is 0 Å². The number of carbonyl (C=O) groups excluding carboxylic acids is 2. The second kappa shape index (κ2) is 10.9. The van der Waals surface area contributed by atoms with Gasteiger partial charge in [0.1, 0.15) is 5.70 Å². The number of nitrogens with zero attached hydrogens (tertiary/aromatic N) is 1. The van der Waals surface area contributed by atoms with E-state index in [9.17, 15) is 9.59 Å². The van der Waals surface area contributed by atoms with Crippen molar-refractivity contribution in [3.8, 4) is 0 Å². The van der Waals surface area contributed by atoms with Crippen molar-refractivity contribution in [2.45, 2.75) is 0 Å². The average Bonchev–Trinajstić information content (AvgIpc) is 2.80. The maximum atomic E-state index is 12.6. The molecule has 0 aromatic heterocycles. The van der Waals surface area contributed by atoms with Gasteiger partial charge in [-0.05, 0) is 35.4 Å². The Bertz CT molecular complexity index is 1060. The fourth-order valence-corrected chi connectivity index (χ4v) is 2.58. The molecule has 0 heterocycles. The summed E-state index contributed by atoms with van der Waals surface area (Å²) in [4.78, 5) is 25.1. The van der Waals surface area contributed by atoms with Gasteiger partial charge in [0.25, 0.3) is 11.8 Å². The molecular formula is C25H21N3O2. The zero-order chi connectivity index (χ0) is 21.0. The minimum atomic E-state index is -0.521. The van der Waals surface area contributed by atoms with E-state index >= 15 is 0 Å². The summed E-state index contributed by atoms with van der Waals surface area (Å²) >= 11 is 0. The van der Waals surface area contributed by atoms with E-state index in [4.69, 9.17) is 0 Å². The molecule has 0 saturated carbocycles. The fourth-order valence-electron chi connectivity index (χ4n) is 2.58. The Morgan fingerprint density at radius 2 is 1.30 bits per heavy atom. The van der Waals surface area contributed by atoms with E-state index in [0.717, 1.165) is 11.1 Å². The number of carbonyl (C=O) groups is 2. The van der Waals surface area contributed by atoms with E-state index in [1.807, 2.05) is 72.8 Å². The lowest BCUT2D eigenvalue weighted by atomic mass is 10.1. The molecule has 30 heavy (non-hydrogen) atoms. The molecule has 5 heteroatoms. The molecule has 0 aliphatic carbocycles. The smallest absolute Gasteiger partial charge is 0.287 e. The first-order valence-electron chi connectivity index (χ1n) is 9.40. The summed E-state index contributed by atoms with van der Waals surface area (Å²) in [6.45, 7) is 0. The molecular weight excluding hydrogens is 374 g/mol. The summed E-state index contributed by atoms with van der Waals surface area (Å²) in [5.41, 5.74) is 4.80. The van der Waals surface area contributed by atoms with Crippen molar-refractivity contribution in [1.82, 2.24) is 10.7 Å². The van der Waals surface area contributed by atoms with E-state index in [2.05, 4.69) is 15.8 Å². The third-order valence-corrected chi connectivity index (χ3v) is 4.05. The minimum Gasteiger partial charge on any atom is -0.317 e. The topological polar surface area (TPSA) is 70.6 Å². The molecule has 148 valence electrons. The van der Waals surface area contributed by atoms with Crippen LogP contribution in [-0.2, 0) is 4.79 Å². The molecule has 2 N–H and O–H groups in total. The lowest BCUT2D eigenvalue weighted by Gasteiger charge is -2.09. The standard InChI is InChI=1S/C25H21N3O2/c29-24(22-16-8-3-9-17-22)27-23(19-21-13-6-2-7-14-21)25(30)28-26-18-10-15-20-11-4-1-5-12-20/h1-19H,(H,27,29)(H,28,30)/b15-10+,23-19+,26-18?. The zero-order valence-corrected chi connectivity index (χ0v) is 16.2. The van der Waals surface area contributed by atoms with Gasteiger partial charge < -0.3 is 5.32 Å². The first-order chi connectivity index (χ1) is 14.7. The van der Waals surface area contributed by atoms with Crippen LogP contribution in [0, 0.1) is 0 Å². The molecule has 2 amide bonds. The summed E-state index contributed by atoms with van der Waals surface area (Å²) < 4.78 is 0. The van der Waals surface area contributed by atoms with Crippen molar-refractivity contribution in [2.75, 3.05) is 0 Å². The van der Waals surface area contributed by atoms with Gasteiger partial charge in [0.05, 0.1) is 0 Å². The number of nitrogens with one attached hydrogen (secondary N) is 2. The Morgan fingerprint density at radius 1 is 0.733 bits per heavy atom. The molecule has 3 aromatic rings. The summed E-state index contributed by atoms with van der Waals surface area (Å²) in [5, 5.41) is 6.59. The van der Waals surface area contributed by atoms with E-state index in [1.165, 1.54) is 6.21 Å². The van der Waals surface area contributed by atoms with E-state index < -0.39 is 5.91 Å². The number of amides is 2. The molecule has 0 atom stereocenters. The van der Waals surface area contributed by atoms with Gasteiger partial charge in [0.15, 0.2) is 0 Å². The van der Waals surface area contributed by atoms with Gasteiger partial charge in [-0.15, -0.1) is 0 Å². The average molecular weight is 395 g/mol. The van der Waals surface area contributed by atoms with E-state index in [-0.39, 0.29) is 11.6 Å². The SMILES string of the molecule is O=C(NN=C/C=C/c1ccccc1)/C(=C\c1ccccc1)NC(=O)c1ccccc1. The van der Waals surface area contributed by atoms with Gasteiger partial charge >= 0.3 is 0 Å². The Hall–Kier alpha value is -4.25. The lowest BCUT2D eigenvalue weighted by molar-refractivity contribution is -0.117. The molecule has 0 saturated heterocycles. The van der Waals surface area contributed by atoms with Crippen molar-refractivity contribution in [1.29, 1.82) is 0 Å². The summed E-state index contributed by atoms with van der Waals surface area (Å²) in [5.74, 6) is -0.895. The van der Waals surface area contributed by atoms with Crippen LogP contribution in [0.3, 0.4) is 0 Å². The predicted molar refractivity (Wildman–Crippen MR) is 120 cm³/mol. The van der Waals surface area contributed by atoms with E-state index in [1.54, 1.807) is 36.4 Å². The zero-order valence-electron chi connectivity index (χ0n) is 16.2. The third kappa shape index (κ3) is 6.42. The summed E-state index contributed by atoms with van der Waals surface area (Å²) in [6, 6.07) is 27.7. The molecule has 5 nitrogen and oxygen atoms in total. The number of benzene rings is 3. The van der Waals surface area contributed by atoms with Crippen LogP contribution in [0.2, 0.25) is 0 Å². The molecule has 0 aliphatic rings. The quantitative estimate of drug-likeness (QED) is 0.356. The first kappa shape index (κ1) is 20.5. The van der Waals surface area contributed by atoms with Crippen LogP contribution in [0.4, 0.5) is 0 Å². The molecule has 3 aromatic carbocycles. The summed E-state index contributed by atoms with van der Waals surface area (Å²) in [7, 11) is 0. The minimum absolute atomic E-state index is 0.0965. The monoisotopic (exact) mass is 395 g/mol. The number of hydrazone groups is 1. The van der Waals surface area contributed by atoms with Crippen LogP contribution in [0.25, 0.3) is 12.2 Å². The molecule has 0 radical (unpaired) electrons.